The summed E-state index contributed by atoms with van der Waals surface area (Å²) in [5, 5.41) is 22.7. The van der Waals surface area contributed by atoms with E-state index in [9.17, 15) is 9.59 Å². The van der Waals surface area contributed by atoms with E-state index in [0.717, 1.165) is 16.8 Å². The van der Waals surface area contributed by atoms with Crippen molar-refractivity contribution >= 4 is 41.5 Å². The zero-order valence-corrected chi connectivity index (χ0v) is 20.1. The number of carboxylic acid groups (broad SMARTS) is 1. The largest absolute Gasteiger partial charge is 0.478 e. The van der Waals surface area contributed by atoms with Gasteiger partial charge in [-0.1, -0.05) is 53.2 Å². The van der Waals surface area contributed by atoms with Crippen LogP contribution in [-0.2, 0) is 4.79 Å². The zero-order chi connectivity index (χ0) is 24.8. The minimum absolute atomic E-state index is 0.0693. The summed E-state index contributed by atoms with van der Waals surface area (Å²) in [4.78, 5) is 23.3. The van der Waals surface area contributed by atoms with E-state index in [1.807, 2.05) is 47.9 Å². The predicted molar refractivity (Wildman–Crippen MR) is 136 cm³/mol. The summed E-state index contributed by atoms with van der Waals surface area (Å²) in [6, 6.07) is 21.4. The van der Waals surface area contributed by atoms with Crippen molar-refractivity contribution in [1.29, 1.82) is 0 Å². The number of nitrogens with zero attached hydrogens (tertiary/aromatic N) is 4. The number of benzene rings is 3. The lowest BCUT2D eigenvalue weighted by atomic mass is 10.1. The Labute approximate surface area is 210 Å². The van der Waals surface area contributed by atoms with Crippen molar-refractivity contribution in [3.05, 3.63) is 94.5 Å². The number of hydrogen-bond donors (Lipinski definition) is 2. The van der Waals surface area contributed by atoms with Crippen LogP contribution >= 0.6 is 23.4 Å². The van der Waals surface area contributed by atoms with Crippen LogP contribution in [0.3, 0.4) is 0 Å². The van der Waals surface area contributed by atoms with Crippen molar-refractivity contribution in [2.45, 2.75) is 12.1 Å². The van der Waals surface area contributed by atoms with Crippen molar-refractivity contribution in [3.8, 4) is 17.1 Å². The van der Waals surface area contributed by atoms with Gasteiger partial charge >= 0.3 is 5.97 Å². The minimum Gasteiger partial charge on any atom is -0.478 e. The quantitative estimate of drug-likeness (QED) is 0.201. The van der Waals surface area contributed by atoms with E-state index in [4.69, 9.17) is 16.7 Å². The number of aryl methyl sites for hydroxylation is 1. The molecule has 2 N–H and O–H groups in total. The number of rotatable bonds is 8. The first kappa shape index (κ1) is 24.2. The van der Waals surface area contributed by atoms with Crippen LogP contribution in [0, 0.1) is 6.92 Å². The Morgan fingerprint density at radius 1 is 1.03 bits per heavy atom. The van der Waals surface area contributed by atoms with Crippen molar-refractivity contribution < 1.29 is 14.7 Å². The van der Waals surface area contributed by atoms with Gasteiger partial charge < -0.3 is 5.11 Å². The standard InChI is InChI=1S/C25H20ClN5O3S/c1-16-2-12-21(13-3-16)31-23(18-8-10-20(26)11-9-18)29-30-25(31)35-15-22(32)28-27-14-17-4-6-19(7-5-17)24(33)34/h2-14H,15H2,1H3,(H,28,32)(H,33,34)/b27-14-. The SMILES string of the molecule is Cc1ccc(-n2c(SCC(=O)N/N=C\c3ccc(C(=O)O)cc3)nnc2-c2ccc(Cl)cc2)cc1. The van der Waals surface area contributed by atoms with Crippen LogP contribution in [0.4, 0.5) is 0 Å². The molecule has 1 amide bonds. The Morgan fingerprint density at radius 3 is 2.37 bits per heavy atom. The molecule has 176 valence electrons. The maximum atomic E-state index is 12.4. The number of carbonyl (C=O) groups excluding carboxylic acids is 1. The summed E-state index contributed by atoms with van der Waals surface area (Å²) in [6.07, 6.45) is 1.45. The molecule has 0 atom stereocenters. The van der Waals surface area contributed by atoms with Gasteiger partial charge in [-0.25, -0.2) is 10.2 Å². The Bertz CT molecular complexity index is 1370. The van der Waals surface area contributed by atoms with E-state index >= 15 is 0 Å². The molecule has 10 heteroatoms. The van der Waals surface area contributed by atoms with Gasteiger partial charge in [0.15, 0.2) is 11.0 Å². The molecule has 0 unspecified atom stereocenters. The predicted octanol–water partition coefficient (Wildman–Crippen LogP) is 4.84. The van der Waals surface area contributed by atoms with Crippen molar-refractivity contribution in [2.75, 3.05) is 5.75 Å². The molecule has 1 aromatic heterocycles. The van der Waals surface area contributed by atoms with Gasteiger partial charge in [-0.15, -0.1) is 10.2 Å². The van der Waals surface area contributed by atoms with Gasteiger partial charge in [0.2, 0.25) is 0 Å². The molecule has 8 nitrogen and oxygen atoms in total. The van der Waals surface area contributed by atoms with Crippen LogP contribution in [-0.4, -0.2) is 43.7 Å². The highest BCUT2D eigenvalue weighted by Gasteiger charge is 2.17. The molecular formula is C25H20ClN5O3S. The third-order valence-electron chi connectivity index (χ3n) is 4.92. The van der Waals surface area contributed by atoms with Crippen LogP contribution in [0.25, 0.3) is 17.1 Å². The van der Waals surface area contributed by atoms with Gasteiger partial charge in [0, 0.05) is 16.3 Å². The first-order valence-corrected chi connectivity index (χ1v) is 11.8. The highest BCUT2D eigenvalue weighted by Crippen LogP contribution is 2.28. The monoisotopic (exact) mass is 505 g/mol. The van der Waals surface area contributed by atoms with E-state index in [0.29, 0.717) is 21.6 Å². The number of thioether (sulfide) groups is 1. The number of carbonyl (C=O) groups is 2. The molecule has 0 saturated carbocycles. The summed E-state index contributed by atoms with van der Waals surface area (Å²) in [5.41, 5.74) is 6.15. The van der Waals surface area contributed by atoms with Crippen LogP contribution < -0.4 is 5.43 Å². The molecule has 0 saturated heterocycles. The van der Waals surface area contributed by atoms with E-state index < -0.39 is 5.97 Å². The molecule has 0 spiro atoms. The highest BCUT2D eigenvalue weighted by molar-refractivity contribution is 7.99. The third kappa shape index (κ3) is 6.14. The summed E-state index contributed by atoms with van der Waals surface area (Å²) in [5.74, 6) is -0.618. The number of aromatic carboxylic acids is 1. The lowest BCUT2D eigenvalue weighted by Crippen LogP contribution is -2.20. The molecule has 3 aromatic carbocycles. The first-order valence-electron chi connectivity index (χ1n) is 10.5. The molecule has 4 rings (SSSR count). The fourth-order valence-electron chi connectivity index (χ4n) is 3.13. The molecule has 1 heterocycles. The number of amides is 1. The molecule has 0 aliphatic rings. The minimum atomic E-state index is -1.00. The molecule has 0 radical (unpaired) electrons. The van der Waals surface area contributed by atoms with Gasteiger partial charge in [-0.05, 0) is 61.0 Å². The number of aromatic nitrogens is 3. The lowest BCUT2D eigenvalue weighted by molar-refractivity contribution is -0.118. The number of carboxylic acids is 1. The first-order chi connectivity index (χ1) is 16.9. The van der Waals surface area contributed by atoms with Crippen LogP contribution in [0.15, 0.2) is 83.1 Å². The number of halogens is 1. The average molecular weight is 506 g/mol. The van der Waals surface area contributed by atoms with Gasteiger partial charge in [0.25, 0.3) is 5.91 Å². The topological polar surface area (TPSA) is 109 Å². The summed E-state index contributed by atoms with van der Waals surface area (Å²) in [7, 11) is 0. The summed E-state index contributed by atoms with van der Waals surface area (Å²) >= 11 is 7.27. The molecular weight excluding hydrogens is 486 g/mol. The van der Waals surface area contributed by atoms with Gasteiger partial charge in [-0.2, -0.15) is 5.10 Å². The van der Waals surface area contributed by atoms with E-state index in [1.165, 1.54) is 30.1 Å². The smallest absolute Gasteiger partial charge is 0.335 e. The Kier molecular flexibility index (Phi) is 7.59. The highest BCUT2D eigenvalue weighted by atomic mass is 35.5. The Balaban J connectivity index is 1.47. The summed E-state index contributed by atoms with van der Waals surface area (Å²) < 4.78 is 1.90. The van der Waals surface area contributed by atoms with Crippen molar-refractivity contribution in [1.82, 2.24) is 20.2 Å². The third-order valence-corrected chi connectivity index (χ3v) is 6.10. The zero-order valence-electron chi connectivity index (χ0n) is 18.6. The van der Waals surface area contributed by atoms with Crippen LogP contribution in [0.1, 0.15) is 21.5 Å². The maximum Gasteiger partial charge on any atom is 0.335 e. The lowest BCUT2D eigenvalue weighted by Gasteiger charge is -2.10. The van der Waals surface area contributed by atoms with E-state index in [1.54, 1.807) is 24.3 Å². The van der Waals surface area contributed by atoms with E-state index in [-0.39, 0.29) is 17.2 Å². The fraction of sp³-hybridized carbons (Fsp3) is 0.0800. The molecule has 0 aliphatic carbocycles. The molecule has 4 aromatic rings. The number of hydrazone groups is 1. The summed E-state index contributed by atoms with van der Waals surface area (Å²) in [6.45, 7) is 2.01. The molecule has 0 aliphatic heterocycles. The fourth-order valence-corrected chi connectivity index (χ4v) is 4.00. The van der Waals surface area contributed by atoms with Crippen LogP contribution in [0.2, 0.25) is 5.02 Å². The molecule has 0 fully saturated rings. The molecule has 35 heavy (non-hydrogen) atoms. The maximum absolute atomic E-state index is 12.4. The van der Waals surface area contributed by atoms with E-state index in [2.05, 4.69) is 20.7 Å². The number of nitrogens with one attached hydrogen (secondary N) is 1. The van der Waals surface area contributed by atoms with Gasteiger partial charge in [0.1, 0.15) is 0 Å². The van der Waals surface area contributed by atoms with Crippen molar-refractivity contribution in [2.24, 2.45) is 5.10 Å². The second-order valence-corrected chi connectivity index (χ2v) is 8.87. The number of hydrogen-bond acceptors (Lipinski definition) is 6. The normalized spacial score (nSPS) is 11.0. The molecule has 0 bridgehead atoms. The second-order valence-electron chi connectivity index (χ2n) is 7.49. The Morgan fingerprint density at radius 2 is 1.71 bits per heavy atom. The van der Waals surface area contributed by atoms with Gasteiger partial charge in [-0.3, -0.25) is 9.36 Å². The second kappa shape index (κ2) is 11.0. The Hall–Kier alpha value is -3.95. The van der Waals surface area contributed by atoms with Crippen molar-refractivity contribution in [3.63, 3.8) is 0 Å². The van der Waals surface area contributed by atoms with Crippen LogP contribution in [0.5, 0.6) is 0 Å². The average Bonchev–Trinajstić information content (AvgIpc) is 3.28. The van der Waals surface area contributed by atoms with Gasteiger partial charge in [0.05, 0.1) is 17.5 Å².